The second-order valence-electron chi connectivity index (χ2n) is 4.12. The zero-order valence-electron chi connectivity index (χ0n) is 10.1. The van der Waals surface area contributed by atoms with Gasteiger partial charge in [-0.2, -0.15) is 0 Å². The maximum atomic E-state index is 12.0. The van der Waals surface area contributed by atoms with Crippen molar-refractivity contribution < 1.29 is 15.0 Å². The molecule has 4 nitrogen and oxygen atoms in total. The minimum absolute atomic E-state index is 0.0950. The lowest BCUT2D eigenvalue weighted by Crippen LogP contribution is -2.12. The van der Waals surface area contributed by atoms with Gasteiger partial charge in [-0.3, -0.25) is 4.79 Å². The number of phenolic OH excluding ortho intramolecular Hbond substituents is 2. The highest BCUT2D eigenvalue weighted by molar-refractivity contribution is 9.10. The quantitative estimate of drug-likeness (QED) is 0.742. The standard InChI is InChI=1S/C14H12BrNO3/c1-8-6-10(3-5-12(8)17)16-14(19)11-4-2-9(15)7-13(11)18/h2-7,17-18H,1H3,(H,16,19). The van der Waals surface area contributed by atoms with E-state index in [2.05, 4.69) is 21.2 Å². The summed E-state index contributed by atoms with van der Waals surface area (Å²) in [5.41, 5.74) is 1.41. The van der Waals surface area contributed by atoms with Gasteiger partial charge in [-0.15, -0.1) is 0 Å². The van der Waals surface area contributed by atoms with Gasteiger partial charge in [0.05, 0.1) is 5.56 Å². The number of aryl methyl sites for hydroxylation is 1. The van der Waals surface area contributed by atoms with Crippen LogP contribution in [-0.4, -0.2) is 16.1 Å². The first-order valence-corrected chi connectivity index (χ1v) is 6.36. The molecule has 1 amide bonds. The first-order chi connectivity index (χ1) is 8.97. The third kappa shape index (κ3) is 3.06. The number of benzene rings is 2. The highest BCUT2D eigenvalue weighted by atomic mass is 79.9. The van der Waals surface area contributed by atoms with Crippen LogP contribution in [-0.2, 0) is 0 Å². The van der Waals surface area contributed by atoms with Crippen LogP contribution in [0.4, 0.5) is 5.69 Å². The molecule has 2 aromatic carbocycles. The molecule has 19 heavy (non-hydrogen) atoms. The maximum absolute atomic E-state index is 12.0. The van der Waals surface area contributed by atoms with Gasteiger partial charge in [-0.1, -0.05) is 15.9 Å². The van der Waals surface area contributed by atoms with Crippen molar-refractivity contribution in [3.8, 4) is 11.5 Å². The van der Waals surface area contributed by atoms with Crippen LogP contribution >= 0.6 is 15.9 Å². The molecule has 0 radical (unpaired) electrons. The molecule has 0 heterocycles. The van der Waals surface area contributed by atoms with Gasteiger partial charge in [0.15, 0.2) is 0 Å². The third-order valence-electron chi connectivity index (χ3n) is 2.66. The number of anilines is 1. The lowest BCUT2D eigenvalue weighted by atomic mass is 10.1. The largest absolute Gasteiger partial charge is 0.508 e. The van der Waals surface area contributed by atoms with Crippen molar-refractivity contribution in [1.29, 1.82) is 0 Å². The predicted octanol–water partition coefficient (Wildman–Crippen LogP) is 3.42. The second-order valence-corrected chi connectivity index (χ2v) is 5.03. The van der Waals surface area contributed by atoms with E-state index >= 15 is 0 Å². The maximum Gasteiger partial charge on any atom is 0.259 e. The van der Waals surface area contributed by atoms with Gasteiger partial charge in [0.1, 0.15) is 11.5 Å². The minimum atomic E-state index is -0.407. The van der Waals surface area contributed by atoms with Gasteiger partial charge in [0, 0.05) is 10.2 Å². The van der Waals surface area contributed by atoms with E-state index in [9.17, 15) is 15.0 Å². The van der Waals surface area contributed by atoms with Crippen molar-refractivity contribution in [2.24, 2.45) is 0 Å². The van der Waals surface area contributed by atoms with Gasteiger partial charge in [0.25, 0.3) is 5.91 Å². The SMILES string of the molecule is Cc1cc(NC(=O)c2ccc(Br)cc2O)ccc1O. The Bertz CT molecular complexity index is 641. The zero-order chi connectivity index (χ0) is 14.0. The van der Waals surface area contributed by atoms with E-state index in [1.165, 1.54) is 18.2 Å². The molecule has 0 aliphatic carbocycles. The average Bonchev–Trinajstić information content (AvgIpc) is 2.33. The van der Waals surface area contributed by atoms with Crippen LogP contribution in [0.3, 0.4) is 0 Å². The molecule has 0 saturated heterocycles. The van der Waals surface area contributed by atoms with Crippen LogP contribution in [0, 0.1) is 6.92 Å². The Kier molecular flexibility index (Phi) is 3.76. The first kappa shape index (κ1) is 13.4. The molecular weight excluding hydrogens is 310 g/mol. The summed E-state index contributed by atoms with van der Waals surface area (Å²) in [5.74, 6) is -0.332. The molecule has 5 heteroatoms. The van der Waals surface area contributed by atoms with Crippen LogP contribution in [0.5, 0.6) is 11.5 Å². The number of rotatable bonds is 2. The van der Waals surface area contributed by atoms with Crippen molar-refractivity contribution in [2.45, 2.75) is 6.92 Å². The smallest absolute Gasteiger partial charge is 0.259 e. The van der Waals surface area contributed by atoms with Crippen molar-refractivity contribution in [3.63, 3.8) is 0 Å². The molecule has 2 rings (SSSR count). The van der Waals surface area contributed by atoms with Crippen molar-refractivity contribution in [1.82, 2.24) is 0 Å². The summed E-state index contributed by atoms with van der Waals surface area (Å²) >= 11 is 3.21. The molecule has 0 spiro atoms. The van der Waals surface area contributed by atoms with E-state index in [4.69, 9.17) is 0 Å². The summed E-state index contributed by atoms with van der Waals surface area (Å²) in [6.45, 7) is 1.74. The Morgan fingerprint density at radius 2 is 1.84 bits per heavy atom. The fourth-order valence-corrected chi connectivity index (χ4v) is 1.98. The summed E-state index contributed by atoms with van der Waals surface area (Å²) in [7, 11) is 0. The third-order valence-corrected chi connectivity index (χ3v) is 3.15. The van der Waals surface area contributed by atoms with Gasteiger partial charge >= 0.3 is 0 Å². The molecule has 0 unspecified atom stereocenters. The van der Waals surface area contributed by atoms with Crippen molar-refractivity contribution >= 4 is 27.5 Å². The number of amides is 1. The predicted molar refractivity (Wildman–Crippen MR) is 76.6 cm³/mol. The average molecular weight is 322 g/mol. The topological polar surface area (TPSA) is 69.6 Å². The van der Waals surface area contributed by atoms with E-state index in [1.54, 1.807) is 25.1 Å². The molecule has 0 aliphatic heterocycles. The molecule has 0 aliphatic rings. The van der Waals surface area contributed by atoms with Crippen molar-refractivity contribution in [2.75, 3.05) is 5.32 Å². The Morgan fingerprint density at radius 1 is 1.11 bits per heavy atom. The normalized spacial score (nSPS) is 10.2. The number of hydrogen-bond donors (Lipinski definition) is 3. The van der Waals surface area contributed by atoms with Crippen LogP contribution in [0.25, 0.3) is 0 Å². The Morgan fingerprint density at radius 3 is 2.47 bits per heavy atom. The highest BCUT2D eigenvalue weighted by Crippen LogP contribution is 2.24. The number of aromatic hydroxyl groups is 2. The molecule has 0 fully saturated rings. The number of carbonyl (C=O) groups is 1. The van der Waals surface area contributed by atoms with E-state index in [0.29, 0.717) is 15.7 Å². The Labute approximate surface area is 118 Å². The van der Waals surface area contributed by atoms with Gasteiger partial charge in [-0.05, 0) is 48.9 Å². The lowest BCUT2D eigenvalue weighted by molar-refractivity contribution is 0.102. The molecule has 0 aromatic heterocycles. The van der Waals surface area contributed by atoms with E-state index in [0.717, 1.165) is 0 Å². The Balaban J connectivity index is 2.23. The van der Waals surface area contributed by atoms with Gasteiger partial charge < -0.3 is 15.5 Å². The highest BCUT2D eigenvalue weighted by Gasteiger charge is 2.11. The lowest BCUT2D eigenvalue weighted by Gasteiger charge is -2.08. The van der Waals surface area contributed by atoms with Crippen molar-refractivity contribution in [3.05, 3.63) is 52.0 Å². The van der Waals surface area contributed by atoms with E-state index in [-0.39, 0.29) is 17.1 Å². The summed E-state index contributed by atoms with van der Waals surface area (Å²) in [6.07, 6.45) is 0. The fraction of sp³-hybridized carbons (Fsp3) is 0.0714. The zero-order valence-corrected chi connectivity index (χ0v) is 11.7. The molecule has 2 aromatic rings. The Hall–Kier alpha value is -2.01. The minimum Gasteiger partial charge on any atom is -0.508 e. The molecule has 0 bridgehead atoms. The van der Waals surface area contributed by atoms with E-state index < -0.39 is 5.91 Å². The number of halogens is 1. The summed E-state index contributed by atoms with van der Waals surface area (Å²) < 4.78 is 0.696. The van der Waals surface area contributed by atoms with Crippen LogP contribution in [0.15, 0.2) is 40.9 Å². The second kappa shape index (κ2) is 5.32. The number of nitrogens with one attached hydrogen (secondary N) is 1. The number of hydrogen-bond acceptors (Lipinski definition) is 3. The molecular formula is C14H12BrNO3. The van der Waals surface area contributed by atoms with Gasteiger partial charge in [-0.25, -0.2) is 0 Å². The first-order valence-electron chi connectivity index (χ1n) is 5.57. The van der Waals surface area contributed by atoms with Crippen LogP contribution in [0.1, 0.15) is 15.9 Å². The summed E-state index contributed by atoms with van der Waals surface area (Å²) in [4.78, 5) is 12.0. The van der Waals surface area contributed by atoms with E-state index in [1.807, 2.05) is 0 Å². The monoisotopic (exact) mass is 321 g/mol. The molecule has 0 saturated carbocycles. The van der Waals surface area contributed by atoms with Crippen LogP contribution in [0.2, 0.25) is 0 Å². The number of carbonyl (C=O) groups excluding carboxylic acids is 1. The fourth-order valence-electron chi connectivity index (χ4n) is 1.63. The molecule has 0 atom stereocenters. The summed E-state index contributed by atoms with van der Waals surface area (Å²) in [6, 6.07) is 9.42. The van der Waals surface area contributed by atoms with Crippen LogP contribution < -0.4 is 5.32 Å². The molecule has 3 N–H and O–H groups in total. The molecule has 98 valence electrons. The van der Waals surface area contributed by atoms with Gasteiger partial charge in [0.2, 0.25) is 0 Å². The summed E-state index contributed by atoms with van der Waals surface area (Å²) in [5, 5.41) is 21.8. The number of phenols is 2.